The molecule has 0 aromatic heterocycles. The zero-order valence-corrected chi connectivity index (χ0v) is 18.9. The topological polar surface area (TPSA) is 99.1 Å². The molecule has 1 unspecified atom stereocenters. The normalized spacial score (nSPS) is 15.5. The first-order chi connectivity index (χ1) is 15.1. The van der Waals surface area contributed by atoms with Gasteiger partial charge in [-0.1, -0.05) is 24.3 Å². The molecular weight excluding hydrogens is 435 g/mol. The highest BCUT2D eigenvalue weighted by atomic mass is 32.2. The average Bonchev–Trinajstić information content (AvgIpc) is 2.76. The third-order valence-electron chi connectivity index (χ3n) is 5.12. The number of sulfonamides is 1. The van der Waals surface area contributed by atoms with Gasteiger partial charge >= 0.3 is 0 Å². The van der Waals surface area contributed by atoms with Crippen LogP contribution in [0.3, 0.4) is 0 Å². The molecule has 0 fully saturated rings. The van der Waals surface area contributed by atoms with Gasteiger partial charge in [-0.2, -0.15) is 5.10 Å². The summed E-state index contributed by atoms with van der Waals surface area (Å²) >= 11 is 0. The smallest absolute Gasteiger partial charge is 0.267 e. The van der Waals surface area contributed by atoms with Gasteiger partial charge in [0.25, 0.3) is 5.91 Å². The van der Waals surface area contributed by atoms with E-state index >= 15 is 0 Å². The summed E-state index contributed by atoms with van der Waals surface area (Å²) < 4.78 is 38.6. The molecule has 0 aliphatic carbocycles. The zero-order chi connectivity index (χ0) is 23.5. The Bertz CT molecular complexity index is 1130. The van der Waals surface area contributed by atoms with Gasteiger partial charge in [0, 0.05) is 26.9 Å². The van der Waals surface area contributed by atoms with Gasteiger partial charge in [-0.05, 0) is 42.3 Å². The van der Waals surface area contributed by atoms with Crippen LogP contribution in [0.5, 0.6) is 0 Å². The first-order valence-corrected chi connectivity index (χ1v) is 11.5. The molecule has 1 atom stereocenters. The molecule has 32 heavy (non-hydrogen) atoms. The largest absolute Gasteiger partial charge is 0.344 e. The second kappa shape index (κ2) is 9.58. The molecule has 2 aromatic rings. The number of carbonyl (C=O) groups excluding carboxylic acids is 2. The first kappa shape index (κ1) is 23.6. The van der Waals surface area contributed by atoms with Crippen LogP contribution in [0.15, 0.2) is 58.5 Å². The predicted octanol–water partition coefficient (Wildman–Crippen LogP) is 2.43. The van der Waals surface area contributed by atoms with E-state index in [4.69, 9.17) is 0 Å². The lowest BCUT2D eigenvalue weighted by atomic mass is 10.1. The minimum atomic E-state index is -3.53. The van der Waals surface area contributed by atoms with Crippen molar-refractivity contribution in [3.8, 4) is 0 Å². The van der Waals surface area contributed by atoms with E-state index in [0.717, 1.165) is 9.87 Å². The second-order valence-electron chi connectivity index (χ2n) is 7.68. The lowest BCUT2D eigenvalue weighted by Gasteiger charge is -2.24. The third-order valence-corrected chi connectivity index (χ3v) is 6.95. The van der Waals surface area contributed by atoms with E-state index in [9.17, 15) is 22.4 Å². The van der Waals surface area contributed by atoms with Crippen LogP contribution in [0.2, 0.25) is 0 Å². The van der Waals surface area contributed by atoms with Crippen molar-refractivity contribution in [1.82, 2.24) is 14.6 Å². The Labute approximate surface area is 186 Å². The minimum Gasteiger partial charge on any atom is -0.344 e. The molecule has 1 heterocycles. The number of nitrogens with zero attached hydrogens (tertiary/aromatic N) is 3. The maximum absolute atomic E-state index is 13.1. The molecule has 0 bridgehead atoms. The number of rotatable bonds is 7. The van der Waals surface area contributed by atoms with Gasteiger partial charge in [-0.15, -0.1) is 0 Å². The highest BCUT2D eigenvalue weighted by Gasteiger charge is 2.26. The summed E-state index contributed by atoms with van der Waals surface area (Å²) in [6, 6.07) is 11.6. The Morgan fingerprint density at radius 1 is 1.12 bits per heavy atom. The summed E-state index contributed by atoms with van der Waals surface area (Å²) in [5.74, 6) is -0.987. The summed E-state index contributed by atoms with van der Waals surface area (Å²) in [6.07, 6.45) is 0.371. The Morgan fingerprint density at radius 2 is 1.75 bits per heavy atom. The number of hydrogen-bond donors (Lipinski definition) is 1. The van der Waals surface area contributed by atoms with E-state index in [-0.39, 0.29) is 41.7 Å². The number of hydrogen-bond acceptors (Lipinski definition) is 5. The lowest BCUT2D eigenvalue weighted by Crippen LogP contribution is -2.39. The zero-order valence-electron chi connectivity index (χ0n) is 18.1. The predicted molar refractivity (Wildman–Crippen MR) is 117 cm³/mol. The Balaban J connectivity index is 1.68. The molecule has 2 aromatic carbocycles. The van der Waals surface area contributed by atoms with Gasteiger partial charge < -0.3 is 5.32 Å². The Kier molecular flexibility index (Phi) is 7.05. The van der Waals surface area contributed by atoms with Gasteiger partial charge in [0.1, 0.15) is 11.5 Å². The Hall–Kier alpha value is -3.11. The van der Waals surface area contributed by atoms with Gasteiger partial charge in [-0.3, -0.25) is 9.59 Å². The van der Waals surface area contributed by atoms with Crippen molar-refractivity contribution >= 4 is 27.5 Å². The van der Waals surface area contributed by atoms with Crippen molar-refractivity contribution in [2.24, 2.45) is 5.10 Å². The van der Waals surface area contributed by atoms with E-state index in [1.807, 2.05) is 0 Å². The third kappa shape index (κ3) is 5.38. The van der Waals surface area contributed by atoms with Crippen molar-refractivity contribution in [3.05, 3.63) is 65.5 Å². The molecule has 1 aliphatic rings. The molecule has 2 amide bonds. The fraction of sp³-hybridized carbons (Fsp3) is 0.318. The van der Waals surface area contributed by atoms with Crippen molar-refractivity contribution < 1.29 is 22.4 Å². The van der Waals surface area contributed by atoms with E-state index in [1.165, 1.54) is 43.4 Å². The summed E-state index contributed by atoms with van der Waals surface area (Å²) in [5.41, 5.74) is 1.66. The van der Waals surface area contributed by atoms with Crippen molar-refractivity contribution in [3.63, 3.8) is 0 Å². The monoisotopic (exact) mass is 460 g/mol. The van der Waals surface area contributed by atoms with Crippen molar-refractivity contribution in [2.45, 2.75) is 37.2 Å². The second-order valence-corrected chi connectivity index (χ2v) is 9.83. The van der Waals surface area contributed by atoms with E-state index in [1.54, 1.807) is 31.2 Å². The number of amides is 2. The number of carbonyl (C=O) groups is 2. The molecule has 0 saturated carbocycles. The van der Waals surface area contributed by atoms with E-state index in [2.05, 4.69) is 10.4 Å². The maximum atomic E-state index is 13.1. The van der Waals surface area contributed by atoms with Crippen LogP contribution in [0.25, 0.3) is 0 Å². The molecule has 3 rings (SSSR count). The van der Waals surface area contributed by atoms with Crippen LogP contribution in [-0.4, -0.2) is 49.4 Å². The maximum Gasteiger partial charge on any atom is 0.267 e. The molecule has 170 valence electrons. The Morgan fingerprint density at radius 3 is 2.34 bits per heavy atom. The number of nitrogens with one attached hydrogen (secondary N) is 1. The van der Waals surface area contributed by atoms with E-state index in [0.29, 0.717) is 5.56 Å². The molecule has 0 radical (unpaired) electrons. The number of benzene rings is 2. The quantitative estimate of drug-likeness (QED) is 0.686. The van der Waals surface area contributed by atoms with Crippen LogP contribution in [0.4, 0.5) is 4.39 Å². The highest BCUT2D eigenvalue weighted by Crippen LogP contribution is 2.19. The van der Waals surface area contributed by atoms with Crippen molar-refractivity contribution in [2.75, 3.05) is 14.1 Å². The van der Waals surface area contributed by atoms with Gasteiger partial charge in [0.2, 0.25) is 15.9 Å². The molecule has 0 spiro atoms. The molecule has 1 N–H and O–H groups in total. The van der Waals surface area contributed by atoms with Crippen LogP contribution < -0.4 is 5.32 Å². The van der Waals surface area contributed by atoms with Crippen LogP contribution >= 0.6 is 0 Å². The first-order valence-electron chi connectivity index (χ1n) is 10.0. The fourth-order valence-electron chi connectivity index (χ4n) is 3.15. The average molecular weight is 461 g/mol. The molecular formula is C22H25FN4O4S. The SMILES string of the molecule is CC(NC(=O)C1=NN(Cc2ccc(F)cc2)C(=O)CC1)c1ccc(S(=O)(=O)N(C)C)cc1. The van der Waals surface area contributed by atoms with Crippen LogP contribution in [0, 0.1) is 5.82 Å². The van der Waals surface area contributed by atoms with Gasteiger partial charge in [-0.25, -0.2) is 22.1 Å². The molecule has 10 heteroatoms. The summed E-state index contributed by atoms with van der Waals surface area (Å²) in [6.45, 7) is 1.92. The summed E-state index contributed by atoms with van der Waals surface area (Å²) in [5, 5.41) is 8.26. The number of hydrazone groups is 1. The summed E-state index contributed by atoms with van der Waals surface area (Å²) in [7, 11) is -0.612. The standard InChI is InChI=1S/C22H25FN4O4S/c1-15(17-6-10-19(11-7-17)32(30,31)26(2)3)24-22(29)20-12-13-21(28)27(25-20)14-16-4-8-18(23)9-5-16/h4-11,15H,12-14H2,1-3H3,(H,24,29). The van der Waals surface area contributed by atoms with Crippen LogP contribution in [0.1, 0.15) is 36.9 Å². The van der Waals surface area contributed by atoms with Gasteiger partial charge in [0.05, 0.1) is 17.5 Å². The molecule has 0 saturated heterocycles. The molecule has 8 nitrogen and oxygen atoms in total. The number of halogens is 1. The summed E-state index contributed by atoms with van der Waals surface area (Å²) in [4.78, 5) is 25.1. The van der Waals surface area contributed by atoms with Crippen molar-refractivity contribution in [1.29, 1.82) is 0 Å². The molecule has 1 aliphatic heterocycles. The highest BCUT2D eigenvalue weighted by molar-refractivity contribution is 7.89. The fourth-order valence-corrected chi connectivity index (χ4v) is 4.06. The van der Waals surface area contributed by atoms with Crippen LogP contribution in [-0.2, 0) is 26.2 Å². The lowest BCUT2D eigenvalue weighted by molar-refractivity contribution is -0.132. The van der Waals surface area contributed by atoms with E-state index < -0.39 is 22.0 Å². The minimum absolute atomic E-state index is 0.146. The van der Waals surface area contributed by atoms with Gasteiger partial charge in [0.15, 0.2) is 0 Å².